The van der Waals surface area contributed by atoms with Crippen molar-refractivity contribution in [1.29, 1.82) is 0 Å². The van der Waals surface area contributed by atoms with E-state index < -0.39 is 15.9 Å². The van der Waals surface area contributed by atoms with Crippen LogP contribution in [0.4, 0.5) is 5.69 Å². The molecule has 158 valence electrons. The third kappa shape index (κ3) is 3.75. The van der Waals surface area contributed by atoms with E-state index in [9.17, 15) is 13.2 Å². The molecule has 5 rings (SSSR count). The third-order valence-corrected chi connectivity index (χ3v) is 6.77. The van der Waals surface area contributed by atoms with Crippen LogP contribution in [0.3, 0.4) is 0 Å². The number of benzene rings is 3. The maximum absolute atomic E-state index is 12.9. The predicted octanol–water partition coefficient (Wildman–Crippen LogP) is 4.29. The molecule has 0 aliphatic heterocycles. The molecule has 1 fully saturated rings. The number of furan rings is 1. The highest BCUT2D eigenvalue weighted by molar-refractivity contribution is 7.89. The number of sulfonamides is 1. The number of para-hydroxylation sites is 1. The van der Waals surface area contributed by atoms with Crippen LogP contribution in [0.1, 0.15) is 23.2 Å². The lowest BCUT2D eigenvalue weighted by molar-refractivity contribution is 0.102. The SMILES string of the molecule is COc1cc2c(cc1NC(=O)c1cccc(S(=O)(=O)NC3CC3)c1)oc1ccccc12. The van der Waals surface area contributed by atoms with Crippen molar-refractivity contribution in [1.82, 2.24) is 4.72 Å². The summed E-state index contributed by atoms with van der Waals surface area (Å²) in [5, 5.41) is 4.64. The van der Waals surface area contributed by atoms with Gasteiger partial charge in [-0.05, 0) is 43.2 Å². The van der Waals surface area contributed by atoms with Crippen molar-refractivity contribution in [3.63, 3.8) is 0 Å². The molecule has 0 saturated heterocycles. The molecule has 1 saturated carbocycles. The summed E-state index contributed by atoms with van der Waals surface area (Å²) in [6.45, 7) is 0. The van der Waals surface area contributed by atoms with Crippen LogP contribution in [0.15, 0.2) is 70.0 Å². The quantitative estimate of drug-likeness (QED) is 0.470. The number of rotatable bonds is 6. The minimum absolute atomic E-state index is 0.0118. The van der Waals surface area contributed by atoms with Crippen LogP contribution >= 0.6 is 0 Å². The number of hydrogen-bond donors (Lipinski definition) is 2. The van der Waals surface area contributed by atoms with E-state index in [1.165, 1.54) is 19.2 Å². The maximum Gasteiger partial charge on any atom is 0.255 e. The number of fused-ring (bicyclic) bond motifs is 3. The molecule has 4 aromatic rings. The van der Waals surface area contributed by atoms with Crippen LogP contribution < -0.4 is 14.8 Å². The van der Waals surface area contributed by atoms with Gasteiger partial charge in [-0.3, -0.25) is 4.79 Å². The standard InChI is InChI=1S/C23H20N2O5S/c1-29-22-12-18-17-7-2-3-8-20(17)30-21(18)13-19(22)24-23(26)14-5-4-6-16(11-14)31(27,28)25-15-9-10-15/h2-8,11-13,15,25H,9-10H2,1H3,(H,24,26). The van der Waals surface area contributed by atoms with Crippen molar-refractivity contribution in [2.45, 2.75) is 23.8 Å². The number of anilines is 1. The summed E-state index contributed by atoms with van der Waals surface area (Å²) in [5.41, 5.74) is 2.01. The largest absolute Gasteiger partial charge is 0.495 e. The molecule has 1 aromatic heterocycles. The lowest BCUT2D eigenvalue weighted by atomic mass is 10.1. The van der Waals surface area contributed by atoms with Gasteiger partial charge in [0.2, 0.25) is 10.0 Å². The van der Waals surface area contributed by atoms with Gasteiger partial charge in [0.25, 0.3) is 5.91 Å². The third-order valence-electron chi connectivity index (χ3n) is 5.25. The van der Waals surface area contributed by atoms with Gasteiger partial charge >= 0.3 is 0 Å². The number of carbonyl (C=O) groups is 1. The fourth-order valence-electron chi connectivity index (χ4n) is 3.51. The lowest BCUT2D eigenvalue weighted by Gasteiger charge is -2.11. The van der Waals surface area contributed by atoms with E-state index >= 15 is 0 Å². The summed E-state index contributed by atoms with van der Waals surface area (Å²) >= 11 is 0. The van der Waals surface area contributed by atoms with Crippen LogP contribution in [-0.2, 0) is 10.0 Å². The summed E-state index contributed by atoms with van der Waals surface area (Å²) in [7, 11) is -2.13. The first kappa shape index (κ1) is 19.6. The first-order chi connectivity index (χ1) is 14.9. The Hall–Kier alpha value is -3.36. The summed E-state index contributed by atoms with van der Waals surface area (Å²) in [6, 6.07) is 17.1. The smallest absolute Gasteiger partial charge is 0.255 e. The summed E-state index contributed by atoms with van der Waals surface area (Å²) in [6.07, 6.45) is 1.67. The Kier molecular flexibility index (Phi) is 4.68. The molecule has 0 bridgehead atoms. The zero-order valence-corrected chi connectivity index (χ0v) is 17.5. The molecule has 0 spiro atoms. The van der Waals surface area contributed by atoms with E-state index in [0.29, 0.717) is 17.0 Å². The lowest BCUT2D eigenvalue weighted by Crippen LogP contribution is -2.26. The van der Waals surface area contributed by atoms with Crippen molar-refractivity contribution in [2.75, 3.05) is 12.4 Å². The Morgan fingerprint density at radius 2 is 1.81 bits per heavy atom. The minimum atomic E-state index is -3.65. The number of hydrogen-bond acceptors (Lipinski definition) is 5. The number of ether oxygens (including phenoxy) is 1. The first-order valence-corrected chi connectivity index (χ1v) is 11.4. The molecule has 3 aromatic carbocycles. The highest BCUT2D eigenvalue weighted by Crippen LogP contribution is 2.36. The van der Waals surface area contributed by atoms with Crippen LogP contribution in [0.2, 0.25) is 0 Å². The van der Waals surface area contributed by atoms with Crippen LogP contribution in [0.25, 0.3) is 21.9 Å². The topological polar surface area (TPSA) is 97.6 Å². The normalized spacial score (nSPS) is 14.1. The van der Waals surface area contributed by atoms with E-state index in [2.05, 4.69) is 10.0 Å². The fourth-order valence-corrected chi connectivity index (χ4v) is 4.86. The molecule has 8 heteroatoms. The van der Waals surface area contributed by atoms with Gasteiger partial charge in [0.15, 0.2) is 0 Å². The Labute approximate surface area is 179 Å². The van der Waals surface area contributed by atoms with Crippen LogP contribution in [0, 0.1) is 0 Å². The Morgan fingerprint density at radius 3 is 2.58 bits per heavy atom. The van der Waals surface area contributed by atoms with E-state index in [4.69, 9.17) is 9.15 Å². The molecule has 1 aliphatic rings. The van der Waals surface area contributed by atoms with Crippen LogP contribution in [0.5, 0.6) is 5.75 Å². The monoisotopic (exact) mass is 436 g/mol. The molecule has 7 nitrogen and oxygen atoms in total. The second-order valence-electron chi connectivity index (χ2n) is 7.52. The van der Waals surface area contributed by atoms with Gasteiger partial charge < -0.3 is 14.5 Å². The molecular formula is C23H20N2O5S. The summed E-state index contributed by atoms with van der Waals surface area (Å²) in [5.74, 6) is 0.0313. The fraction of sp³-hybridized carbons (Fsp3) is 0.174. The second-order valence-corrected chi connectivity index (χ2v) is 9.24. The average molecular weight is 436 g/mol. The Morgan fingerprint density at radius 1 is 1.00 bits per heavy atom. The predicted molar refractivity (Wildman–Crippen MR) is 118 cm³/mol. The molecule has 0 atom stereocenters. The van der Waals surface area contributed by atoms with E-state index in [1.807, 2.05) is 30.3 Å². The maximum atomic E-state index is 12.9. The highest BCUT2D eigenvalue weighted by atomic mass is 32.2. The average Bonchev–Trinajstić information content (AvgIpc) is 3.50. The highest BCUT2D eigenvalue weighted by Gasteiger charge is 2.28. The van der Waals surface area contributed by atoms with Crippen LogP contribution in [-0.4, -0.2) is 27.5 Å². The number of amides is 1. The van der Waals surface area contributed by atoms with Gasteiger partial charge in [-0.15, -0.1) is 0 Å². The molecular weight excluding hydrogens is 416 g/mol. The summed E-state index contributed by atoms with van der Waals surface area (Å²) < 4.78 is 38.9. The van der Waals surface area contributed by atoms with E-state index in [-0.39, 0.29) is 16.5 Å². The van der Waals surface area contributed by atoms with Crippen molar-refractivity contribution < 1.29 is 22.4 Å². The van der Waals surface area contributed by atoms with Gasteiger partial charge in [0, 0.05) is 28.4 Å². The van der Waals surface area contributed by atoms with Gasteiger partial charge in [-0.1, -0.05) is 24.3 Å². The van der Waals surface area contributed by atoms with Gasteiger partial charge in [0.1, 0.15) is 16.9 Å². The number of methoxy groups -OCH3 is 1. The van der Waals surface area contributed by atoms with Crippen molar-refractivity contribution in [3.8, 4) is 5.75 Å². The van der Waals surface area contributed by atoms with E-state index in [1.54, 1.807) is 18.2 Å². The molecule has 1 amide bonds. The molecule has 0 radical (unpaired) electrons. The molecule has 31 heavy (non-hydrogen) atoms. The molecule has 1 heterocycles. The first-order valence-electron chi connectivity index (χ1n) is 9.87. The molecule has 1 aliphatic carbocycles. The van der Waals surface area contributed by atoms with Gasteiger partial charge in [-0.25, -0.2) is 13.1 Å². The second kappa shape index (κ2) is 7.40. The zero-order chi connectivity index (χ0) is 21.6. The zero-order valence-electron chi connectivity index (χ0n) is 16.7. The van der Waals surface area contributed by atoms with E-state index in [0.717, 1.165) is 29.2 Å². The number of carbonyl (C=O) groups excluding carboxylic acids is 1. The van der Waals surface area contributed by atoms with Crippen molar-refractivity contribution >= 4 is 43.6 Å². The Balaban J connectivity index is 1.47. The van der Waals surface area contributed by atoms with Gasteiger partial charge in [-0.2, -0.15) is 0 Å². The number of nitrogens with one attached hydrogen (secondary N) is 2. The van der Waals surface area contributed by atoms with Crippen molar-refractivity contribution in [2.24, 2.45) is 0 Å². The minimum Gasteiger partial charge on any atom is -0.495 e. The van der Waals surface area contributed by atoms with Crippen molar-refractivity contribution in [3.05, 3.63) is 66.2 Å². The molecule has 0 unspecified atom stereocenters. The molecule has 2 N–H and O–H groups in total. The summed E-state index contributed by atoms with van der Waals surface area (Å²) in [4.78, 5) is 13.0. The van der Waals surface area contributed by atoms with Gasteiger partial charge in [0.05, 0.1) is 17.7 Å². The Bertz CT molecular complexity index is 1420.